The van der Waals surface area contributed by atoms with Gasteiger partial charge in [0.1, 0.15) is 6.17 Å². The molecule has 0 saturated carbocycles. The molecule has 0 amide bonds. The molecule has 3 unspecified atom stereocenters. The summed E-state index contributed by atoms with van der Waals surface area (Å²) in [6.07, 6.45) is -2.50. The van der Waals surface area contributed by atoms with E-state index < -0.39 is 23.8 Å². The van der Waals surface area contributed by atoms with Crippen LogP contribution in [0.4, 0.5) is 8.78 Å². The molecule has 7 heteroatoms. The number of nitrogens with one attached hydrogen (secondary N) is 2. The van der Waals surface area contributed by atoms with E-state index in [1.165, 1.54) is 0 Å². The Morgan fingerprint density at radius 1 is 1.54 bits per heavy atom. The second-order valence-corrected chi connectivity index (χ2v) is 2.99. The fourth-order valence-corrected chi connectivity index (χ4v) is 1.12. The van der Waals surface area contributed by atoms with Crippen LogP contribution in [0.5, 0.6) is 0 Å². The van der Waals surface area contributed by atoms with Crippen LogP contribution in [0.25, 0.3) is 4.85 Å². The number of hydrogen-bond donors (Lipinski definition) is 2. The first kappa shape index (κ1) is 10.1. The molecular formula is C6H5ClF2N4. The predicted octanol–water partition coefficient (Wildman–Crippen LogP) is 0.474. The Bertz CT molecular complexity index is 254. The van der Waals surface area contributed by atoms with Gasteiger partial charge in [0.2, 0.25) is 0 Å². The fourth-order valence-electron chi connectivity index (χ4n) is 0.994. The molecule has 1 aliphatic rings. The van der Waals surface area contributed by atoms with Crippen LogP contribution in [0.2, 0.25) is 0 Å². The lowest BCUT2D eigenvalue weighted by atomic mass is 10.3. The first-order valence-corrected chi connectivity index (χ1v) is 3.72. The van der Waals surface area contributed by atoms with Crippen LogP contribution in [0.3, 0.4) is 0 Å². The smallest absolute Gasteiger partial charge is 0.293 e. The zero-order valence-electron chi connectivity index (χ0n) is 6.26. The zero-order valence-corrected chi connectivity index (χ0v) is 7.02. The highest BCUT2D eigenvalue weighted by Gasteiger charge is 2.49. The van der Waals surface area contributed by atoms with Crippen molar-refractivity contribution in [2.24, 2.45) is 0 Å². The summed E-state index contributed by atoms with van der Waals surface area (Å²) in [7, 11) is 0. The molecule has 0 aliphatic carbocycles. The van der Waals surface area contributed by atoms with Crippen molar-refractivity contribution in [3.8, 4) is 6.07 Å². The Morgan fingerprint density at radius 2 is 2.15 bits per heavy atom. The number of hydrogen-bond acceptors (Lipinski definition) is 3. The van der Waals surface area contributed by atoms with Crippen molar-refractivity contribution in [1.29, 1.82) is 5.26 Å². The predicted molar refractivity (Wildman–Crippen MR) is 40.7 cm³/mol. The van der Waals surface area contributed by atoms with Gasteiger partial charge in [-0.25, -0.2) is 11.9 Å². The molecule has 1 heterocycles. The highest BCUT2D eigenvalue weighted by molar-refractivity contribution is 6.22. The minimum Gasteiger partial charge on any atom is -0.293 e. The van der Waals surface area contributed by atoms with Gasteiger partial charge in [0.05, 0.1) is 6.07 Å². The summed E-state index contributed by atoms with van der Waals surface area (Å²) in [6.45, 7) is 6.61. The zero-order chi connectivity index (χ0) is 10.1. The van der Waals surface area contributed by atoms with Crippen LogP contribution in [0.1, 0.15) is 0 Å². The van der Waals surface area contributed by atoms with E-state index in [-0.39, 0.29) is 0 Å². The first-order valence-electron chi connectivity index (χ1n) is 3.34. The fraction of sp³-hybridized carbons (Fsp3) is 0.667. The van der Waals surface area contributed by atoms with Gasteiger partial charge in [-0.1, -0.05) is 0 Å². The second kappa shape index (κ2) is 3.43. The Hall–Kier alpha value is -0.950. The molecule has 13 heavy (non-hydrogen) atoms. The van der Waals surface area contributed by atoms with Crippen molar-refractivity contribution >= 4 is 11.6 Å². The quantitative estimate of drug-likeness (QED) is 0.485. The van der Waals surface area contributed by atoms with Crippen LogP contribution >= 0.6 is 11.6 Å². The highest BCUT2D eigenvalue weighted by atomic mass is 35.5. The molecule has 0 bridgehead atoms. The molecule has 0 spiro atoms. The molecule has 0 aromatic heterocycles. The molecule has 70 valence electrons. The van der Waals surface area contributed by atoms with Gasteiger partial charge in [-0.05, 0) is 11.6 Å². The topological polar surface area (TPSA) is 52.2 Å². The normalized spacial score (nSPS) is 33.8. The molecule has 0 aromatic carbocycles. The van der Waals surface area contributed by atoms with Crippen molar-refractivity contribution in [3.05, 3.63) is 11.4 Å². The third-order valence-electron chi connectivity index (χ3n) is 1.60. The van der Waals surface area contributed by atoms with Crippen LogP contribution in [0.15, 0.2) is 0 Å². The van der Waals surface area contributed by atoms with E-state index >= 15 is 0 Å². The average Bonchev–Trinajstić information content (AvgIpc) is 2.45. The number of alkyl halides is 3. The van der Waals surface area contributed by atoms with Gasteiger partial charge in [0.25, 0.3) is 0 Å². The van der Waals surface area contributed by atoms with Crippen LogP contribution < -0.4 is 10.6 Å². The SMILES string of the molecule is [C-]#[N+]C1NC(C(F)(F)Cl)NC1C#N. The Labute approximate surface area is 78.3 Å². The van der Waals surface area contributed by atoms with Gasteiger partial charge >= 0.3 is 11.5 Å². The highest BCUT2D eigenvalue weighted by Crippen LogP contribution is 2.25. The van der Waals surface area contributed by atoms with Gasteiger partial charge in [-0.15, -0.1) is 0 Å². The largest absolute Gasteiger partial charge is 0.349 e. The molecule has 1 aliphatic heterocycles. The number of nitriles is 1. The van der Waals surface area contributed by atoms with E-state index in [9.17, 15) is 8.78 Å². The van der Waals surface area contributed by atoms with Gasteiger partial charge in [-0.2, -0.15) is 14.0 Å². The van der Waals surface area contributed by atoms with E-state index in [0.29, 0.717) is 0 Å². The minimum atomic E-state index is -3.51. The summed E-state index contributed by atoms with van der Waals surface area (Å²) in [5.74, 6) is 0. The lowest BCUT2D eigenvalue weighted by Gasteiger charge is -2.15. The second-order valence-electron chi connectivity index (χ2n) is 2.49. The van der Waals surface area contributed by atoms with E-state index in [2.05, 4.69) is 15.5 Å². The summed E-state index contributed by atoms with van der Waals surface area (Å²) >= 11 is 4.71. The summed E-state index contributed by atoms with van der Waals surface area (Å²) in [4.78, 5) is 2.97. The molecule has 4 nitrogen and oxygen atoms in total. The standard InChI is InChI=1S/C6H5ClF2N4/c1-11-4-3(2-10)12-5(13-4)6(7,8)9/h3-5,12-13H. The average molecular weight is 207 g/mol. The Morgan fingerprint density at radius 3 is 2.46 bits per heavy atom. The van der Waals surface area contributed by atoms with E-state index in [0.717, 1.165) is 0 Å². The maximum Gasteiger partial charge on any atom is 0.349 e. The van der Waals surface area contributed by atoms with Crippen LogP contribution in [-0.4, -0.2) is 23.8 Å². The van der Waals surface area contributed by atoms with Crippen LogP contribution in [0, 0.1) is 17.9 Å². The third kappa shape index (κ3) is 2.04. The van der Waals surface area contributed by atoms with Gasteiger partial charge in [0, 0.05) is 0 Å². The summed E-state index contributed by atoms with van der Waals surface area (Å²) in [5.41, 5.74) is 0. The molecule has 3 atom stereocenters. The summed E-state index contributed by atoms with van der Waals surface area (Å²) in [5, 5.41) is 9.39. The van der Waals surface area contributed by atoms with Crippen molar-refractivity contribution in [2.75, 3.05) is 0 Å². The molecular weight excluding hydrogens is 202 g/mol. The Balaban J connectivity index is 2.72. The van der Waals surface area contributed by atoms with E-state index in [1.807, 2.05) is 0 Å². The molecule has 1 saturated heterocycles. The Kier molecular flexibility index (Phi) is 2.67. The lowest BCUT2D eigenvalue weighted by Crippen LogP contribution is -2.45. The van der Waals surface area contributed by atoms with E-state index in [1.54, 1.807) is 6.07 Å². The summed E-state index contributed by atoms with van der Waals surface area (Å²) < 4.78 is 24.9. The van der Waals surface area contributed by atoms with E-state index in [4.69, 9.17) is 23.4 Å². The molecule has 0 aromatic rings. The molecule has 1 rings (SSSR count). The van der Waals surface area contributed by atoms with Crippen molar-refractivity contribution in [2.45, 2.75) is 23.8 Å². The molecule has 0 radical (unpaired) electrons. The number of rotatable bonds is 1. The van der Waals surface area contributed by atoms with Crippen molar-refractivity contribution < 1.29 is 8.78 Å². The van der Waals surface area contributed by atoms with Crippen molar-refractivity contribution in [1.82, 2.24) is 10.6 Å². The maximum atomic E-state index is 12.5. The molecule has 2 N–H and O–H groups in total. The third-order valence-corrected chi connectivity index (χ3v) is 1.82. The maximum absolute atomic E-state index is 12.5. The lowest BCUT2D eigenvalue weighted by molar-refractivity contribution is 0.0478. The van der Waals surface area contributed by atoms with Gasteiger partial charge in [0.15, 0.2) is 6.04 Å². The first-order chi connectivity index (χ1) is 5.99. The summed E-state index contributed by atoms with van der Waals surface area (Å²) in [6, 6.07) is 0.736. The van der Waals surface area contributed by atoms with Gasteiger partial charge < -0.3 is 0 Å². The number of nitrogens with zero attached hydrogens (tertiary/aromatic N) is 2. The van der Waals surface area contributed by atoms with Gasteiger partial charge in [-0.3, -0.25) is 10.2 Å². The molecule has 1 fully saturated rings. The minimum absolute atomic E-state index is 0.952. The van der Waals surface area contributed by atoms with Crippen molar-refractivity contribution in [3.63, 3.8) is 0 Å². The van der Waals surface area contributed by atoms with Crippen LogP contribution in [-0.2, 0) is 0 Å². The monoisotopic (exact) mass is 206 g/mol. The number of halogens is 3.